The molecule has 156 valence electrons. The minimum absolute atomic E-state index is 0.0859. The largest absolute Gasteiger partial charge is 0.508 e. The summed E-state index contributed by atoms with van der Waals surface area (Å²) in [5.74, 6) is -1.61. The predicted molar refractivity (Wildman–Crippen MR) is 107 cm³/mol. The molecule has 2 rings (SSSR count). The van der Waals surface area contributed by atoms with E-state index in [-0.39, 0.29) is 25.3 Å². The number of aliphatic hydroxyl groups excluding tert-OH is 1. The molecule has 10 nitrogen and oxygen atoms in total. The molecule has 0 bridgehead atoms. The Balaban J connectivity index is 1.84. The van der Waals surface area contributed by atoms with Crippen molar-refractivity contribution < 1.29 is 24.6 Å². The van der Waals surface area contributed by atoms with Gasteiger partial charge in [0.1, 0.15) is 27.8 Å². The number of thiazole rings is 1. The van der Waals surface area contributed by atoms with Crippen LogP contribution in [0.1, 0.15) is 17.5 Å². The second-order valence-electron chi connectivity index (χ2n) is 6.25. The van der Waals surface area contributed by atoms with Crippen molar-refractivity contribution in [3.63, 3.8) is 0 Å². The van der Waals surface area contributed by atoms with Crippen LogP contribution in [0.25, 0.3) is 0 Å². The first-order valence-electron chi connectivity index (χ1n) is 8.75. The zero-order valence-corrected chi connectivity index (χ0v) is 16.5. The molecule has 0 radical (unpaired) electrons. The number of nitrogens with one attached hydrogen (secondary N) is 3. The number of nitrogens with zero attached hydrogens (tertiary/aromatic N) is 1. The van der Waals surface area contributed by atoms with Crippen molar-refractivity contribution in [1.29, 1.82) is 0 Å². The summed E-state index contributed by atoms with van der Waals surface area (Å²) >= 11 is 1.21. The Morgan fingerprint density at radius 3 is 2.48 bits per heavy atom. The van der Waals surface area contributed by atoms with Crippen LogP contribution in [0.2, 0.25) is 0 Å². The third-order valence-electron chi connectivity index (χ3n) is 3.92. The van der Waals surface area contributed by atoms with Crippen LogP contribution in [0.4, 0.5) is 5.00 Å². The molecule has 1 aromatic carbocycles. The third-order valence-corrected chi connectivity index (χ3v) is 4.86. The SMILES string of the molecule is C[C@H](NC(=O)CNc1cnc(CO)s1)C(=O)N[C@@H](Cc1ccc(O)cc1)C(N)=O. The number of hydrogen-bond donors (Lipinski definition) is 6. The van der Waals surface area contributed by atoms with Gasteiger partial charge in [0.05, 0.1) is 19.3 Å². The average Bonchev–Trinajstić information content (AvgIpc) is 3.15. The van der Waals surface area contributed by atoms with Gasteiger partial charge in [0, 0.05) is 6.42 Å². The fourth-order valence-corrected chi connectivity index (χ4v) is 3.05. The third kappa shape index (κ3) is 7.05. The highest BCUT2D eigenvalue weighted by Gasteiger charge is 2.23. The van der Waals surface area contributed by atoms with Gasteiger partial charge in [-0.05, 0) is 24.6 Å². The molecular weight excluding hydrogens is 398 g/mol. The van der Waals surface area contributed by atoms with Crippen LogP contribution in [-0.4, -0.2) is 51.5 Å². The van der Waals surface area contributed by atoms with Crippen LogP contribution in [0.5, 0.6) is 5.75 Å². The Kier molecular flexibility index (Phi) is 7.92. The van der Waals surface area contributed by atoms with E-state index in [0.29, 0.717) is 15.6 Å². The lowest BCUT2D eigenvalue weighted by atomic mass is 10.0. The summed E-state index contributed by atoms with van der Waals surface area (Å²) in [6.07, 6.45) is 1.66. The molecule has 2 atom stereocenters. The van der Waals surface area contributed by atoms with Crippen LogP contribution in [-0.2, 0) is 27.4 Å². The van der Waals surface area contributed by atoms with Crippen molar-refractivity contribution in [2.24, 2.45) is 5.73 Å². The van der Waals surface area contributed by atoms with Gasteiger partial charge in [-0.1, -0.05) is 23.5 Å². The Hall–Kier alpha value is -3.18. The van der Waals surface area contributed by atoms with E-state index < -0.39 is 29.8 Å². The molecule has 7 N–H and O–H groups in total. The standard InChI is InChI=1S/C18H23N5O5S/c1-10(22-14(26)7-20-15-8-21-16(9-24)29-15)18(28)23-13(17(19)27)6-11-2-4-12(25)5-3-11/h2-5,8,10,13,20,24-25H,6-7,9H2,1H3,(H2,19,27)(H,22,26)(H,23,28)/t10-,13-/m0/s1. The number of phenols is 1. The lowest BCUT2D eigenvalue weighted by Crippen LogP contribution is -2.53. The number of aromatic hydroxyl groups is 1. The number of carbonyl (C=O) groups excluding carboxylic acids is 3. The first-order chi connectivity index (χ1) is 13.8. The number of phenolic OH excluding ortho intramolecular Hbond substituents is 1. The number of nitrogens with two attached hydrogens (primary N) is 1. The van der Waals surface area contributed by atoms with Crippen molar-refractivity contribution in [2.45, 2.75) is 32.0 Å². The minimum Gasteiger partial charge on any atom is -0.508 e. The highest BCUT2D eigenvalue weighted by atomic mass is 32.1. The highest BCUT2D eigenvalue weighted by Crippen LogP contribution is 2.17. The van der Waals surface area contributed by atoms with Crippen LogP contribution < -0.4 is 21.7 Å². The van der Waals surface area contributed by atoms with E-state index in [1.54, 1.807) is 12.1 Å². The zero-order valence-electron chi connectivity index (χ0n) is 15.7. The Labute approximate surface area is 171 Å². The van der Waals surface area contributed by atoms with Crippen molar-refractivity contribution >= 4 is 34.1 Å². The van der Waals surface area contributed by atoms with E-state index in [4.69, 9.17) is 10.8 Å². The highest BCUT2D eigenvalue weighted by molar-refractivity contribution is 7.15. The summed E-state index contributed by atoms with van der Waals surface area (Å²) in [5, 5.41) is 27.3. The molecule has 29 heavy (non-hydrogen) atoms. The van der Waals surface area contributed by atoms with Crippen LogP contribution in [0.3, 0.4) is 0 Å². The molecule has 1 aromatic heterocycles. The summed E-state index contributed by atoms with van der Waals surface area (Å²) in [5.41, 5.74) is 6.07. The average molecular weight is 421 g/mol. The number of rotatable bonds is 10. The van der Waals surface area contributed by atoms with Gasteiger partial charge in [-0.2, -0.15) is 0 Å². The molecule has 0 aliphatic carbocycles. The molecule has 0 saturated carbocycles. The topological polar surface area (TPSA) is 167 Å². The molecule has 0 spiro atoms. The van der Waals surface area contributed by atoms with Gasteiger partial charge in [-0.25, -0.2) is 4.98 Å². The number of aromatic nitrogens is 1. The number of carbonyl (C=O) groups is 3. The van der Waals surface area contributed by atoms with Crippen LogP contribution >= 0.6 is 11.3 Å². The molecule has 3 amide bonds. The Bertz CT molecular complexity index is 855. The van der Waals surface area contributed by atoms with Gasteiger partial charge < -0.3 is 31.9 Å². The predicted octanol–water partition coefficient (Wildman–Crippen LogP) is -0.530. The van der Waals surface area contributed by atoms with E-state index in [1.807, 2.05) is 0 Å². The zero-order chi connectivity index (χ0) is 21.4. The second kappa shape index (κ2) is 10.4. The molecular formula is C18H23N5O5S. The number of hydrogen-bond acceptors (Lipinski definition) is 8. The number of aliphatic hydroxyl groups is 1. The van der Waals surface area contributed by atoms with E-state index >= 15 is 0 Å². The van der Waals surface area contributed by atoms with Gasteiger partial charge >= 0.3 is 0 Å². The molecule has 2 aromatic rings. The minimum atomic E-state index is -0.960. The van der Waals surface area contributed by atoms with Crippen molar-refractivity contribution in [1.82, 2.24) is 15.6 Å². The monoisotopic (exact) mass is 421 g/mol. The van der Waals surface area contributed by atoms with Crippen LogP contribution in [0.15, 0.2) is 30.5 Å². The van der Waals surface area contributed by atoms with Gasteiger partial charge in [-0.3, -0.25) is 14.4 Å². The molecule has 0 unspecified atom stereocenters. The molecule has 1 heterocycles. The van der Waals surface area contributed by atoms with E-state index in [9.17, 15) is 19.5 Å². The normalized spacial score (nSPS) is 12.6. The van der Waals surface area contributed by atoms with E-state index in [2.05, 4.69) is 20.9 Å². The lowest BCUT2D eigenvalue weighted by Gasteiger charge is -2.19. The van der Waals surface area contributed by atoms with Gasteiger partial charge in [0.25, 0.3) is 0 Å². The molecule has 0 aliphatic heterocycles. The number of benzene rings is 1. The fraction of sp³-hybridized carbons (Fsp3) is 0.333. The summed E-state index contributed by atoms with van der Waals surface area (Å²) in [6.45, 7) is 1.22. The van der Waals surface area contributed by atoms with E-state index in [0.717, 1.165) is 0 Å². The van der Waals surface area contributed by atoms with Crippen molar-refractivity contribution in [3.8, 4) is 5.75 Å². The second-order valence-corrected chi connectivity index (χ2v) is 7.37. The van der Waals surface area contributed by atoms with Gasteiger partial charge in [-0.15, -0.1) is 0 Å². The summed E-state index contributed by atoms with van der Waals surface area (Å²) < 4.78 is 0. The lowest BCUT2D eigenvalue weighted by molar-refractivity contribution is -0.130. The van der Waals surface area contributed by atoms with Gasteiger partial charge in [0.15, 0.2) is 0 Å². The summed E-state index contributed by atoms with van der Waals surface area (Å²) in [6, 6.07) is 4.33. The Morgan fingerprint density at radius 1 is 1.21 bits per heavy atom. The van der Waals surface area contributed by atoms with Crippen molar-refractivity contribution in [3.05, 3.63) is 41.0 Å². The maximum Gasteiger partial charge on any atom is 0.242 e. The fourth-order valence-electron chi connectivity index (χ4n) is 2.38. The summed E-state index contributed by atoms with van der Waals surface area (Å²) in [4.78, 5) is 40.0. The van der Waals surface area contributed by atoms with Gasteiger partial charge in [0.2, 0.25) is 17.7 Å². The van der Waals surface area contributed by atoms with Crippen molar-refractivity contribution in [2.75, 3.05) is 11.9 Å². The summed E-state index contributed by atoms with van der Waals surface area (Å²) in [7, 11) is 0. The molecule has 0 fully saturated rings. The molecule has 0 saturated heterocycles. The number of primary amides is 1. The number of amides is 3. The van der Waals surface area contributed by atoms with Crippen LogP contribution in [0, 0.1) is 0 Å². The molecule has 11 heteroatoms. The Morgan fingerprint density at radius 2 is 1.90 bits per heavy atom. The quantitative estimate of drug-likeness (QED) is 0.300. The first-order valence-corrected chi connectivity index (χ1v) is 9.56. The maximum absolute atomic E-state index is 12.3. The smallest absolute Gasteiger partial charge is 0.242 e. The number of anilines is 1. The maximum atomic E-state index is 12.3. The first kappa shape index (κ1) is 22.1. The van der Waals surface area contributed by atoms with E-state index in [1.165, 1.54) is 36.6 Å². The molecule has 0 aliphatic rings.